The van der Waals surface area contributed by atoms with Crippen molar-refractivity contribution >= 4 is 20.5 Å². The van der Waals surface area contributed by atoms with Gasteiger partial charge in [-0.15, -0.1) is 0 Å². The Morgan fingerprint density at radius 2 is 1.21 bits per heavy atom. The van der Waals surface area contributed by atoms with Crippen molar-refractivity contribution in [3.8, 4) is 0 Å². The molecule has 0 heterocycles. The van der Waals surface area contributed by atoms with E-state index in [0.717, 1.165) is 25.0 Å². The van der Waals surface area contributed by atoms with Crippen molar-refractivity contribution in [2.45, 2.75) is 64.2 Å². The van der Waals surface area contributed by atoms with Crippen LogP contribution in [-0.2, 0) is 13.6 Å². The lowest BCUT2D eigenvalue weighted by molar-refractivity contribution is -0.870. The number of hydrogen-bond acceptors (Lipinski definition) is 4. The fraction of sp³-hybridized carbons (Fsp3) is 1.00. The lowest BCUT2D eigenvalue weighted by Gasteiger charge is -2.24. The summed E-state index contributed by atoms with van der Waals surface area (Å²) in [6, 6.07) is 0. The molecule has 24 heavy (non-hydrogen) atoms. The van der Waals surface area contributed by atoms with Crippen LogP contribution in [0.25, 0.3) is 0 Å². The van der Waals surface area contributed by atoms with E-state index in [9.17, 15) is 9.46 Å². The van der Waals surface area contributed by atoms with Crippen molar-refractivity contribution in [1.29, 1.82) is 0 Å². The zero-order valence-corrected chi connectivity index (χ0v) is 17.7. The quantitative estimate of drug-likeness (QED) is 0.166. The fourth-order valence-corrected chi connectivity index (χ4v) is 3.25. The molecule has 0 rings (SSSR count). The standard InChI is InChI=1S/C17H38NO4PS/c1-18(2,3)14-16-22-23(19,20)21-15-12-10-8-6-4-5-7-9-11-13-17-24/h4-17H2,1-3H3,(H-,19,20,24)/p+1. The van der Waals surface area contributed by atoms with Crippen LogP contribution < -0.4 is 0 Å². The summed E-state index contributed by atoms with van der Waals surface area (Å²) in [7, 11) is 2.15. The zero-order chi connectivity index (χ0) is 18.3. The summed E-state index contributed by atoms with van der Waals surface area (Å²) in [6.45, 7) is 1.19. The summed E-state index contributed by atoms with van der Waals surface area (Å²) >= 11 is 4.21. The minimum Gasteiger partial charge on any atom is -0.329 e. The number of thiol groups is 1. The van der Waals surface area contributed by atoms with E-state index in [-0.39, 0.29) is 6.61 Å². The molecular weight excluding hydrogens is 345 g/mol. The number of hydrogen-bond donors (Lipinski definition) is 2. The van der Waals surface area contributed by atoms with Crippen LogP contribution in [0.15, 0.2) is 0 Å². The van der Waals surface area contributed by atoms with E-state index in [2.05, 4.69) is 12.6 Å². The maximum Gasteiger partial charge on any atom is 0.472 e. The first-order chi connectivity index (χ1) is 11.3. The normalized spacial score (nSPS) is 14.7. The van der Waals surface area contributed by atoms with Gasteiger partial charge in [-0.05, 0) is 18.6 Å². The van der Waals surface area contributed by atoms with Crippen molar-refractivity contribution in [3.63, 3.8) is 0 Å². The Morgan fingerprint density at radius 1 is 0.792 bits per heavy atom. The van der Waals surface area contributed by atoms with Gasteiger partial charge in [0.25, 0.3) is 0 Å². The Labute approximate surface area is 154 Å². The van der Waals surface area contributed by atoms with Crippen LogP contribution in [-0.4, -0.2) is 56.0 Å². The molecule has 146 valence electrons. The summed E-state index contributed by atoms with van der Waals surface area (Å²) in [5.74, 6) is 1.00. The molecule has 0 bridgehead atoms. The molecule has 0 fully saturated rings. The van der Waals surface area contributed by atoms with Gasteiger partial charge in [-0.2, -0.15) is 12.6 Å². The third-order valence-electron chi connectivity index (χ3n) is 3.82. The molecule has 0 spiro atoms. The molecule has 0 amide bonds. The Hall–Kier alpha value is 0.420. The Kier molecular flexibility index (Phi) is 14.8. The minimum atomic E-state index is -3.87. The van der Waals surface area contributed by atoms with Gasteiger partial charge in [0, 0.05) is 0 Å². The summed E-state index contributed by atoms with van der Waals surface area (Å²) in [6.07, 6.45) is 12.0. The second kappa shape index (κ2) is 14.6. The third-order valence-corrected chi connectivity index (χ3v) is 5.16. The van der Waals surface area contributed by atoms with Crippen molar-refractivity contribution in [3.05, 3.63) is 0 Å². The van der Waals surface area contributed by atoms with Gasteiger partial charge in [0.15, 0.2) is 0 Å². The molecule has 1 atom stereocenters. The summed E-state index contributed by atoms with van der Waals surface area (Å²) in [5.41, 5.74) is 0. The van der Waals surface area contributed by atoms with Gasteiger partial charge >= 0.3 is 7.82 Å². The maximum absolute atomic E-state index is 11.7. The van der Waals surface area contributed by atoms with Crippen molar-refractivity contribution in [2.24, 2.45) is 0 Å². The molecule has 7 heteroatoms. The molecule has 0 aliphatic rings. The summed E-state index contributed by atoms with van der Waals surface area (Å²) in [5, 5.41) is 0. The Morgan fingerprint density at radius 3 is 1.67 bits per heavy atom. The van der Waals surface area contributed by atoms with E-state index in [1.54, 1.807) is 0 Å². The number of nitrogens with zero attached hydrogens (tertiary/aromatic N) is 1. The highest BCUT2D eigenvalue weighted by Crippen LogP contribution is 2.43. The first-order valence-electron chi connectivity index (χ1n) is 9.30. The highest BCUT2D eigenvalue weighted by atomic mass is 32.1. The molecule has 0 saturated carbocycles. The van der Waals surface area contributed by atoms with Crippen LogP contribution in [0.4, 0.5) is 0 Å². The molecular formula is C17H39NO4PS+. The van der Waals surface area contributed by atoms with Crippen LogP contribution in [0.1, 0.15) is 64.2 Å². The predicted molar refractivity (Wildman–Crippen MR) is 105 cm³/mol. The molecule has 1 unspecified atom stereocenters. The van der Waals surface area contributed by atoms with E-state index in [1.165, 1.54) is 44.9 Å². The third kappa shape index (κ3) is 18.8. The van der Waals surface area contributed by atoms with Crippen LogP contribution in [0, 0.1) is 0 Å². The van der Waals surface area contributed by atoms with E-state index >= 15 is 0 Å². The summed E-state index contributed by atoms with van der Waals surface area (Å²) in [4.78, 5) is 9.57. The van der Waals surface area contributed by atoms with E-state index in [1.807, 2.05) is 21.1 Å². The highest BCUT2D eigenvalue weighted by molar-refractivity contribution is 7.80. The Bertz CT molecular complexity index is 337. The number of phosphoric acid groups is 1. The largest absolute Gasteiger partial charge is 0.472 e. The van der Waals surface area contributed by atoms with Crippen LogP contribution in [0.5, 0.6) is 0 Å². The van der Waals surface area contributed by atoms with Gasteiger partial charge in [0.05, 0.1) is 27.7 Å². The topological polar surface area (TPSA) is 55.8 Å². The number of likely N-dealkylation sites (N-methyl/N-ethyl adjacent to an activating group) is 1. The molecule has 0 aromatic heterocycles. The zero-order valence-electron chi connectivity index (χ0n) is 15.9. The lowest BCUT2D eigenvalue weighted by atomic mass is 10.1. The minimum absolute atomic E-state index is 0.227. The molecule has 0 aromatic rings. The van der Waals surface area contributed by atoms with Gasteiger partial charge < -0.3 is 9.38 Å². The average molecular weight is 385 g/mol. The van der Waals surface area contributed by atoms with Gasteiger partial charge in [0.2, 0.25) is 0 Å². The molecule has 0 saturated heterocycles. The van der Waals surface area contributed by atoms with E-state index in [0.29, 0.717) is 17.6 Å². The van der Waals surface area contributed by atoms with E-state index in [4.69, 9.17) is 9.05 Å². The smallest absolute Gasteiger partial charge is 0.329 e. The van der Waals surface area contributed by atoms with Crippen LogP contribution in [0.2, 0.25) is 0 Å². The fourth-order valence-electron chi connectivity index (χ4n) is 2.28. The number of rotatable bonds is 17. The number of quaternary nitrogens is 1. The highest BCUT2D eigenvalue weighted by Gasteiger charge is 2.21. The number of unbranched alkanes of at least 4 members (excludes halogenated alkanes) is 9. The predicted octanol–water partition coefficient (Wildman–Crippen LogP) is 4.66. The van der Waals surface area contributed by atoms with E-state index < -0.39 is 7.82 Å². The van der Waals surface area contributed by atoms with Crippen molar-refractivity contribution in [1.82, 2.24) is 0 Å². The van der Waals surface area contributed by atoms with Gasteiger partial charge in [-0.3, -0.25) is 9.05 Å². The van der Waals surface area contributed by atoms with Crippen LogP contribution >= 0.6 is 20.5 Å². The second-order valence-electron chi connectivity index (χ2n) is 7.41. The molecule has 0 radical (unpaired) electrons. The number of phosphoric ester groups is 1. The van der Waals surface area contributed by atoms with Gasteiger partial charge in [-0.25, -0.2) is 4.57 Å². The monoisotopic (exact) mass is 384 g/mol. The van der Waals surface area contributed by atoms with Crippen molar-refractivity contribution in [2.75, 3.05) is 46.7 Å². The summed E-state index contributed by atoms with van der Waals surface area (Å²) < 4.78 is 22.3. The molecule has 0 aliphatic heterocycles. The Balaban J connectivity index is 3.38. The average Bonchev–Trinajstić information content (AvgIpc) is 2.46. The SMILES string of the molecule is C[N+](C)(C)CCOP(=O)(O)OCCCCCCCCCCCCS. The van der Waals surface area contributed by atoms with Gasteiger partial charge in [0.1, 0.15) is 13.2 Å². The van der Waals surface area contributed by atoms with Crippen molar-refractivity contribution < 1.29 is 23.0 Å². The molecule has 0 aliphatic carbocycles. The molecule has 1 N–H and O–H groups in total. The van der Waals surface area contributed by atoms with Crippen LogP contribution in [0.3, 0.4) is 0 Å². The lowest BCUT2D eigenvalue weighted by Crippen LogP contribution is -2.37. The first kappa shape index (κ1) is 24.4. The second-order valence-corrected chi connectivity index (χ2v) is 9.31. The van der Waals surface area contributed by atoms with Gasteiger partial charge in [-0.1, -0.05) is 51.4 Å². The first-order valence-corrected chi connectivity index (χ1v) is 11.4. The maximum atomic E-state index is 11.7. The molecule has 5 nitrogen and oxygen atoms in total. The molecule has 0 aromatic carbocycles.